The first-order valence-corrected chi connectivity index (χ1v) is 4.79. The van der Waals surface area contributed by atoms with E-state index in [2.05, 4.69) is 0 Å². The molecule has 4 heteroatoms. The monoisotopic (exact) mass is 185 g/mol. The summed E-state index contributed by atoms with van der Waals surface area (Å²) < 4.78 is 0. The number of amides is 1. The van der Waals surface area contributed by atoms with E-state index in [1.807, 2.05) is 23.9 Å². The first-order valence-electron chi connectivity index (χ1n) is 4.79. The summed E-state index contributed by atoms with van der Waals surface area (Å²) in [6.07, 6.45) is 2.16. The van der Waals surface area contributed by atoms with Gasteiger partial charge in [0.25, 0.3) is 0 Å². The Morgan fingerprint density at radius 1 is 1.62 bits per heavy atom. The molecule has 76 valence electrons. The van der Waals surface area contributed by atoms with E-state index in [0.717, 1.165) is 19.4 Å². The maximum atomic E-state index is 11.7. The minimum atomic E-state index is 0.206. The molecule has 0 bridgehead atoms. The fourth-order valence-electron chi connectivity index (χ4n) is 1.77. The fourth-order valence-corrected chi connectivity index (χ4v) is 1.77. The molecule has 0 aromatic carbocycles. The second kappa shape index (κ2) is 4.58. The quantitative estimate of drug-likeness (QED) is 0.645. The molecule has 1 atom stereocenters. The lowest BCUT2D eigenvalue weighted by molar-refractivity contribution is -0.132. The molecule has 1 aliphatic rings. The summed E-state index contributed by atoms with van der Waals surface area (Å²) in [5.41, 5.74) is 5.59. The van der Waals surface area contributed by atoms with Crippen LogP contribution in [0.4, 0.5) is 0 Å². The molecule has 13 heavy (non-hydrogen) atoms. The molecule has 0 aromatic heterocycles. The largest absolute Gasteiger partial charge is 0.337 e. The third-order valence-corrected chi connectivity index (χ3v) is 2.42. The van der Waals surface area contributed by atoms with Gasteiger partial charge in [0.1, 0.15) is 0 Å². The van der Waals surface area contributed by atoms with E-state index in [4.69, 9.17) is 5.73 Å². The molecular formula is C9H19N3O. The highest BCUT2D eigenvalue weighted by Gasteiger charge is 2.27. The fraction of sp³-hybridized carbons (Fsp3) is 0.889. The Labute approximate surface area is 79.7 Å². The molecule has 2 N–H and O–H groups in total. The summed E-state index contributed by atoms with van der Waals surface area (Å²) in [5.74, 6) is 0.206. The normalized spacial score (nSPS) is 22.8. The topological polar surface area (TPSA) is 49.6 Å². The van der Waals surface area contributed by atoms with Crippen molar-refractivity contribution in [2.24, 2.45) is 5.73 Å². The third-order valence-electron chi connectivity index (χ3n) is 2.42. The van der Waals surface area contributed by atoms with Gasteiger partial charge in [0, 0.05) is 19.1 Å². The highest BCUT2D eigenvalue weighted by atomic mass is 16.2. The van der Waals surface area contributed by atoms with E-state index in [1.165, 1.54) is 0 Å². The van der Waals surface area contributed by atoms with E-state index in [0.29, 0.717) is 13.1 Å². The summed E-state index contributed by atoms with van der Waals surface area (Å²) in [6, 6.07) is 0.285. The van der Waals surface area contributed by atoms with Crippen molar-refractivity contribution in [1.82, 2.24) is 9.80 Å². The zero-order valence-corrected chi connectivity index (χ0v) is 8.49. The number of hydrogen-bond acceptors (Lipinski definition) is 3. The number of carbonyl (C=O) groups excluding carboxylic acids is 1. The molecule has 4 nitrogen and oxygen atoms in total. The van der Waals surface area contributed by atoms with E-state index >= 15 is 0 Å². The molecular weight excluding hydrogens is 166 g/mol. The lowest BCUT2D eigenvalue weighted by Crippen LogP contribution is -2.43. The SMILES string of the molecule is CN(C)CC(=O)N1CCCC1CN. The van der Waals surface area contributed by atoms with Crippen LogP contribution in [0.15, 0.2) is 0 Å². The standard InChI is InChI=1S/C9H19N3O/c1-11(2)7-9(13)12-5-3-4-8(12)6-10/h8H,3-7,10H2,1-2H3. The average molecular weight is 185 g/mol. The van der Waals surface area contributed by atoms with Crippen LogP contribution >= 0.6 is 0 Å². The van der Waals surface area contributed by atoms with Crippen molar-refractivity contribution >= 4 is 5.91 Å². The Bertz CT molecular complexity index is 182. The molecule has 0 saturated carbocycles. The number of carbonyl (C=O) groups is 1. The molecule has 0 spiro atoms. The third kappa shape index (κ3) is 2.67. The minimum Gasteiger partial charge on any atom is -0.337 e. The van der Waals surface area contributed by atoms with Crippen LogP contribution in [0.5, 0.6) is 0 Å². The molecule has 1 heterocycles. The number of likely N-dealkylation sites (N-methyl/N-ethyl adjacent to an activating group) is 1. The van der Waals surface area contributed by atoms with Gasteiger partial charge in [-0.2, -0.15) is 0 Å². The summed E-state index contributed by atoms with van der Waals surface area (Å²) in [5, 5.41) is 0. The van der Waals surface area contributed by atoms with Crippen molar-refractivity contribution < 1.29 is 4.79 Å². The van der Waals surface area contributed by atoms with Crippen molar-refractivity contribution in [3.8, 4) is 0 Å². The van der Waals surface area contributed by atoms with Crippen LogP contribution in [-0.4, -0.2) is 55.5 Å². The second-order valence-electron chi connectivity index (χ2n) is 3.86. The molecule has 1 saturated heterocycles. The van der Waals surface area contributed by atoms with Gasteiger partial charge in [0.2, 0.25) is 5.91 Å². The van der Waals surface area contributed by atoms with Gasteiger partial charge in [-0.1, -0.05) is 0 Å². The zero-order valence-electron chi connectivity index (χ0n) is 8.49. The van der Waals surface area contributed by atoms with Crippen molar-refractivity contribution in [1.29, 1.82) is 0 Å². The summed E-state index contributed by atoms with van der Waals surface area (Å²) >= 11 is 0. The van der Waals surface area contributed by atoms with Crippen LogP contribution in [0.3, 0.4) is 0 Å². The van der Waals surface area contributed by atoms with Crippen molar-refractivity contribution in [2.75, 3.05) is 33.7 Å². The van der Waals surface area contributed by atoms with Gasteiger partial charge in [-0.15, -0.1) is 0 Å². The number of rotatable bonds is 3. The Balaban J connectivity index is 2.45. The lowest BCUT2D eigenvalue weighted by Gasteiger charge is -2.24. The molecule has 1 rings (SSSR count). The lowest BCUT2D eigenvalue weighted by atomic mass is 10.2. The zero-order chi connectivity index (χ0) is 9.84. The number of hydrogen-bond donors (Lipinski definition) is 1. The Hall–Kier alpha value is -0.610. The van der Waals surface area contributed by atoms with Gasteiger partial charge in [0.05, 0.1) is 6.54 Å². The minimum absolute atomic E-state index is 0.206. The summed E-state index contributed by atoms with van der Waals surface area (Å²) in [4.78, 5) is 15.5. The van der Waals surface area contributed by atoms with Crippen LogP contribution in [0, 0.1) is 0 Å². The van der Waals surface area contributed by atoms with Crippen molar-refractivity contribution in [3.63, 3.8) is 0 Å². The van der Waals surface area contributed by atoms with Gasteiger partial charge in [0.15, 0.2) is 0 Å². The maximum absolute atomic E-state index is 11.7. The summed E-state index contributed by atoms with van der Waals surface area (Å²) in [6.45, 7) is 1.98. The number of likely N-dealkylation sites (tertiary alicyclic amines) is 1. The highest BCUT2D eigenvalue weighted by Crippen LogP contribution is 2.15. The van der Waals surface area contributed by atoms with Gasteiger partial charge in [-0.25, -0.2) is 0 Å². The Kier molecular flexibility index (Phi) is 3.69. The van der Waals surface area contributed by atoms with Gasteiger partial charge >= 0.3 is 0 Å². The first kappa shape index (κ1) is 10.5. The second-order valence-corrected chi connectivity index (χ2v) is 3.86. The van der Waals surface area contributed by atoms with E-state index in [9.17, 15) is 4.79 Å². The van der Waals surface area contributed by atoms with Crippen LogP contribution in [0.25, 0.3) is 0 Å². The number of nitrogens with two attached hydrogens (primary N) is 1. The van der Waals surface area contributed by atoms with Crippen molar-refractivity contribution in [3.05, 3.63) is 0 Å². The molecule has 1 amide bonds. The first-order chi connectivity index (χ1) is 6.15. The summed E-state index contributed by atoms with van der Waals surface area (Å²) in [7, 11) is 3.82. The smallest absolute Gasteiger partial charge is 0.237 e. The van der Waals surface area contributed by atoms with Gasteiger partial charge in [-0.3, -0.25) is 4.79 Å². The molecule has 0 aliphatic carbocycles. The molecule has 1 unspecified atom stereocenters. The van der Waals surface area contributed by atoms with Crippen LogP contribution in [-0.2, 0) is 4.79 Å². The maximum Gasteiger partial charge on any atom is 0.237 e. The average Bonchev–Trinajstić information content (AvgIpc) is 2.49. The predicted octanol–water partition coefficient (Wildman–Crippen LogP) is -0.502. The molecule has 0 aromatic rings. The van der Waals surface area contributed by atoms with Gasteiger partial charge in [-0.05, 0) is 26.9 Å². The Morgan fingerprint density at radius 3 is 2.85 bits per heavy atom. The Morgan fingerprint density at radius 2 is 2.31 bits per heavy atom. The molecule has 1 aliphatic heterocycles. The van der Waals surface area contributed by atoms with Crippen LogP contribution in [0.2, 0.25) is 0 Å². The molecule has 1 fully saturated rings. The van der Waals surface area contributed by atoms with Crippen molar-refractivity contribution in [2.45, 2.75) is 18.9 Å². The van der Waals surface area contributed by atoms with E-state index in [-0.39, 0.29) is 11.9 Å². The molecule has 0 radical (unpaired) electrons. The van der Waals surface area contributed by atoms with Crippen LogP contribution in [0.1, 0.15) is 12.8 Å². The highest BCUT2D eigenvalue weighted by molar-refractivity contribution is 5.78. The predicted molar refractivity (Wildman–Crippen MR) is 52.3 cm³/mol. The van der Waals surface area contributed by atoms with Gasteiger partial charge < -0.3 is 15.5 Å². The van der Waals surface area contributed by atoms with Crippen LogP contribution < -0.4 is 5.73 Å². The van der Waals surface area contributed by atoms with E-state index < -0.39 is 0 Å². The number of nitrogens with zero attached hydrogens (tertiary/aromatic N) is 2. The van der Waals surface area contributed by atoms with E-state index in [1.54, 1.807) is 0 Å².